The van der Waals surface area contributed by atoms with Crippen molar-refractivity contribution in [2.75, 3.05) is 17.8 Å². The van der Waals surface area contributed by atoms with E-state index >= 15 is 0 Å². The van der Waals surface area contributed by atoms with Crippen LogP contribution >= 0.6 is 11.8 Å². The summed E-state index contributed by atoms with van der Waals surface area (Å²) in [5.41, 5.74) is 1.40. The van der Waals surface area contributed by atoms with Crippen molar-refractivity contribution in [1.29, 1.82) is 0 Å². The van der Waals surface area contributed by atoms with Crippen LogP contribution in [-0.2, 0) is 0 Å². The molecule has 0 aliphatic carbocycles. The maximum atomic E-state index is 2.32. The summed E-state index contributed by atoms with van der Waals surface area (Å²) < 4.78 is 0. The molecule has 0 saturated carbocycles. The van der Waals surface area contributed by atoms with Gasteiger partial charge in [0.1, 0.15) is 0 Å². The van der Waals surface area contributed by atoms with Crippen LogP contribution in [0.4, 0.5) is 5.69 Å². The summed E-state index contributed by atoms with van der Waals surface area (Å²) in [6.07, 6.45) is 0. The van der Waals surface area contributed by atoms with Crippen LogP contribution in [0, 0.1) is 0 Å². The Kier molecular flexibility index (Phi) is 1.71. The van der Waals surface area contributed by atoms with Crippen LogP contribution in [0.1, 0.15) is 0 Å². The van der Waals surface area contributed by atoms with Crippen molar-refractivity contribution >= 4 is 28.2 Å². The first kappa shape index (κ1) is 8.18. The van der Waals surface area contributed by atoms with Gasteiger partial charge in [0.15, 0.2) is 0 Å². The number of nitrogens with zero attached hydrogens (tertiary/aromatic N) is 1. The Hall–Kier alpha value is -1.15. The van der Waals surface area contributed by atoms with Crippen molar-refractivity contribution in [2.45, 2.75) is 4.90 Å². The average molecular weight is 201 g/mol. The first-order valence-corrected chi connectivity index (χ1v) is 5.70. The van der Waals surface area contributed by atoms with Crippen molar-refractivity contribution in [3.8, 4) is 0 Å². The molecule has 3 rings (SSSR count). The number of hydrogen-bond donors (Lipinski definition) is 0. The highest BCUT2D eigenvalue weighted by molar-refractivity contribution is 7.99. The Bertz CT molecular complexity index is 493. The zero-order chi connectivity index (χ0) is 9.54. The highest BCUT2D eigenvalue weighted by Gasteiger charge is 2.18. The monoisotopic (exact) mass is 201 g/mol. The smallest absolute Gasteiger partial charge is 0.0683 e. The summed E-state index contributed by atoms with van der Waals surface area (Å²) in [6.45, 7) is 0. The molecule has 0 unspecified atom stereocenters. The molecule has 2 aromatic rings. The normalized spacial score (nSPS) is 14.8. The molecular weight excluding hydrogens is 190 g/mol. The van der Waals surface area contributed by atoms with Gasteiger partial charge in [-0.25, -0.2) is 0 Å². The Labute approximate surface area is 87.7 Å². The van der Waals surface area contributed by atoms with Gasteiger partial charge in [0, 0.05) is 17.3 Å². The van der Waals surface area contributed by atoms with Crippen LogP contribution in [-0.4, -0.2) is 12.9 Å². The average Bonchev–Trinajstić information content (AvgIpc) is 2.61. The molecule has 0 atom stereocenters. The minimum Gasteiger partial charge on any atom is -0.364 e. The fraction of sp³-hybridized carbons (Fsp3) is 0.167. The molecule has 0 radical (unpaired) electrons. The number of benzene rings is 2. The maximum Gasteiger partial charge on any atom is 0.0683 e. The number of hydrogen-bond acceptors (Lipinski definition) is 2. The molecule has 1 aliphatic rings. The van der Waals surface area contributed by atoms with Gasteiger partial charge in [0.05, 0.1) is 11.6 Å². The third kappa shape index (κ3) is 1.04. The van der Waals surface area contributed by atoms with Crippen molar-refractivity contribution in [3.05, 3.63) is 36.4 Å². The number of thioether (sulfide) groups is 1. The van der Waals surface area contributed by atoms with Crippen molar-refractivity contribution < 1.29 is 0 Å². The van der Waals surface area contributed by atoms with Crippen LogP contribution in [0.3, 0.4) is 0 Å². The zero-order valence-corrected chi connectivity index (χ0v) is 8.84. The first-order chi connectivity index (χ1) is 6.86. The topological polar surface area (TPSA) is 3.24 Å². The molecular formula is C12H11NS. The van der Waals surface area contributed by atoms with E-state index in [4.69, 9.17) is 0 Å². The predicted molar refractivity (Wildman–Crippen MR) is 63.1 cm³/mol. The standard InChI is InChI=1S/C12H11NS/c1-13-8-14-11-7-6-9-4-2-3-5-10(9)12(11)13/h2-7H,8H2,1H3. The second kappa shape index (κ2) is 2.92. The molecule has 14 heavy (non-hydrogen) atoms. The Morgan fingerprint density at radius 2 is 2.00 bits per heavy atom. The summed E-state index contributed by atoms with van der Waals surface area (Å²) in [7, 11) is 2.16. The lowest BCUT2D eigenvalue weighted by Crippen LogP contribution is -2.10. The predicted octanol–water partition coefficient (Wildman–Crippen LogP) is 3.34. The van der Waals surface area contributed by atoms with E-state index in [2.05, 4.69) is 48.3 Å². The second-order valence-corrected chi connectivity index (χ2v) is 4.59. The molecule has 0 N–H and O–H groups in total. The number of fused-ring (bicyclic) bond motifs is 3. The molecule has 1 heterocycles. The van der Waals surface area contributed by atoms with Gasteiger partial charge in [-0.2, -0.15) is 0 Å². The lowest BCUT2D eigenvalue weighted by Gasteiger charge is -2.13. The zero-order valence-electron chi connectivity index (χ0n) is 8.03. The van der Waals surface area contributed by atoms with Crippen LogP contribution in [0.15, 0.2) is 41.3 Å². The molecule has 2 heteroatoms. The third-order valence-corrected chi connectivity index (χ3v) is 3.82. The Morgan fingerprint density at radius 1 is 1.14 bits per heavy atom. The van der Waals surface area contributed by atoms with Gasteiger partial charge < -0.3 is 4.90 Å². The van der Waals surface area contributed by atoms with E-state index in [0.29, 0.717) is 0 Å². The van der Waals surface area contributed by atoms with Gasteiger partial charge in [-0.15, -0.1) is 11.8 Å². The first-order valence-electron chi connectivity index (χ1n) is 4.72. The highest BCUT2D eigenvalue weighted by atomic mass is 32.2. The minimum atomic E-state index is 1.07. The lowest BCUT2D eigenvalue weighted by atomic mass is 10.1. The molecule has 0 spiro atoms. The van der Waals surface area contributed by atoms with Gasteiger partial charge in [-0.1, -0.05) is 30.3 Å². The van der Waals surface area contributed by atoms with E-state index in [-0.39, 0.29) is 0 Å². The van der Waals surface area contributed by atoms with Gasteiger partial charge >= 0.3 is 0 Å². The van der Waals surface area contributed by atoms with Gasteiger partial charge in [-0.05, 0) is 11.5 Å². The van der Waals surface area contributed by atoms with Crippen molar-refractivity contribution in [1.82, 2.24) is 0 Å². The molecule has 1 aliphatic heterocycles. The summed E-state index contributed by atoms with van der Waals surface area (Å²) in [6, 6.07) is 13.0. The molecule has 0 saturated heterocycles. The van der Waals surface area contributed by atoms with Crippen LogP contribution in [0.2, 0.25) is 0 Å². The molecule has 0 fully saturated rings. The molecule has 1 nitrogen and oxygen atoms in total. The number of anilines is 1. The number of rotatable bonds is 0. The minimum absolute atomic E-state index is 1.07. The quantitative estimate of drug-likeness (QED) is 0.643. The molecule has 0 bridgehead atoms. The summed E-state index contributed by atoms with van der Waals surface area (Å²) in [5, 5.41) is 2.71. The third-order valence-electron chi connectivity index (χ3n) is 2.66. The van der Waals surface area contributed by atoms with Gasteiger partial charge in [0.25, 0.3) is 0 Å². The fourth-order valence-corrected chi connectivity index (χ4v) is 3.00. The van der Waals surface area contributed by atoms with E-state index in [1.807, 2.05) is 11.8 Å². The lowest BCUT2D eigenvalue weighted by molar-refractivity contribution is 1.11. The molecule has 0 amide bonds. The fourth-order valence-electron chi connectivity index (χ4n) is 1.98. The van der Waals surface area contributed by atoms with Crippen molar-refractivity contribution in [2.24, 2.45) is 0 Å². The van der Waals surface area contributed by atoms with E-state index in [9.17, 15) is 0 Å². The summed E-state index contributed by atoms with van der Waals surface area (Å²) >= 11 is 1.92. The Balaban J connectivity index is 2.41. The summed E-state index contributed by atoms with van der Waals surface area (Å²) in [5.74, 6) is 1.07. The summed E-state index contributed by atoms with van der Waals surface area (Å²) in [4.78, 5) is 3.73. The van der Waals surface area contributed by atoms with Gasteiger partial charge in [-0.3, -0.25) is 0 Å². The Morgan fingerprint density at radius 3 is 2.93 bits per heavy atom. The van der Waals surface area contributed by atoms with Gasteiger partial charge in [0.2, 0.25) is 0 Å². The van der Waals surface area contributed by atoms with E-state index in [0.717, 1.165) is 5.88 Å². The molecule has 0 aromatic heterocycles. The highest BCUT2D eigenvalue weighted by Crippen LogP contribution is 2.42. The second-order valence-electron chi connectivity index (χ2n) is 3.60. The van der Waals surface area contributed by atoms with E-state index < -0.39 is 0 Å². The molecule has 2 aromatic carbocycles. The van der Waals surface area contributed by atoms with Crippen molar-refractivity contribution in [3.63, 3.8) is 0 Å². The van der Waals surface area contributed by atoms with Crippen LogP contribution in [0.25, 0.3) is 10.8 Å². The largest absolute Gasteiger partial charge is 0.364 e. The SMILES string of the molecule is CN1CSc2ccc3ccccc3c21. The van der Waals surface area contributed by atoms with Crippen LogP contribution < -0.4 is 4.90 Å². The molecule has 70 valence electrons. The maximum absolute atomic E-state index is 2.32. The van der Waals surface area contributed by atoms with E-state index in [1.54, 1.807) is 0 Å². The van der Waals surface area contributed by atoms with E-state index in [1.165, 1.54) is 21.4 Å². The van der Waals surface area contributed by atoms with Crippen LogP contribution in [0.5, 0.6) is 0 Å².